The van der Waals surface area contributed by atoms with Crippen LogP contribution in [0.25, 0.3) is 11.2 Å². The summed E-state index contributed by atoms with van der Waals surface area (Å²) in [6, 6.07) is 17.7. The fraction of sp³-hybridized carbons (Fsp3) is 0.316. The number of nitrogens with one attached hydrogen (secondary N) is 1. The van der Waals surface area contributed by atoms with Crippen molar-refractivity contribution < 1.29 is 14.0 Å². The molecular weight excluding hydrogens is 304 g/mol. The van der Waals surface area contributed by atoms with Crippen molar-refractivity contribution in [2.24, 2.45) is 0 Å². The highest BCUT2D eigenvalue weighted by Gasteiger charge is 2.30. The van der Waals surface area contributed by atoms with Crippen molar-refractivity contribution in [3.63, 3.8) is 0 Å². The molecule has 24 heavy (non-hydrogen) atoms. The lowest BCUT2D eigenvalue weighted by atomic mass is 10.2. The molecule has 0 aliphatic carbocycles. The third-order valence-corrected chi connectivity index (χ3v) is 3.90. The Labute approximate surface area is 141 Å². The number of hydroxylamine groups is 2. The summed E-state index contributed by atoms with van der Waals surface area (Å²) in [5.41, 5.74) is 3.09. The van der Waals surface area contributed by atoms with Crippen LogP contribution in [0, 0.1) is 0 Å². The number of hydrogen-bond acceptors (Lipinski definition) is 4. The summed E-state index contributed by atoms with van der Waals surface area (Å²) in [6.07, 6.45) is 0.811. The number of amides is 1. The zero-order valence-electron chi connectivity index (χ0n) is 13.8. The van der Waals surface area contributed by atoms with E-state index in [4.69, 9.17) is 9.25 Å². The maximum absolute atomic E-state index is 11.6. The maximum Gasteiger partial charge on any atom is 0.239 e. The molecule has 2 aromatic heterocycles. The molecule has 0 spiro atoms. The largest absolute Gasteiger partial charge is 0.457 e. The van der Waals surface area contributed by atoms with Crippen molar-refractivity contribution >= 4 is 17.1 Å². The molecule has 2 bridgehead atoms. The normalized spacial score (nSPS) is 17.1. The highest BCUT2D eigenvalue weighted by atomic mass is 16.7. The van der Waals surface area contributed by atoms with Crippen LogP contribution in [-0.4, -0.2) is 30.2 Å². The third kappa shape index (κ3) is 4.13. The molecule has 1 aliphatic heterocycles. The van der Waals surface area contributed by atoms with E-state index in [1.807, 2.05) is 61.5 Å². The van der Waals surface area contributed by atoms with Gasteiger partial charge in [-0.1, -0.05) is 30.3 Å². The van der Waals surface area contributed by atoms with Gasteiger partial charge in [-0.15, -0.1) is 0 Å². The second kappa shape index (κ2) is 7.95. The Morgan fingerprint density at radius 2 is 1.79 bits per heavy atom. The molecule has 1 amide bonds. The smallest absolute Gasteiger partial charge is 0.239 e. The fourth-order valence-corrected chi connectivity index (χ4v) is 2.74. The molecule has 1 atom stereocenters. The molecule has 4 rings (SSSR count). The molecule has 1 unspecified atom stereocenters. The van der Waals surface area contributed by atoms with E-state index in [0.717, 1.165) is 29.7 Å². The number of furan rings is 2. The molecular formula is C19H22N2O3. The molecule has 1 aliphatic rings. The van der Waals surface area contributed by atoms with Gasteiger partial charge in [-0.25, -0.2) is 0 Å². The van der Waals surface area contributed by atoms with Crippen molar-refractivity contribution in [1.29, 1.82) is 0 Å². The number of carbonyl (C=O) groups excluding carboxylic acids is 1. The first-order chi connectivity index (χ1) is 11.8. The topological polar surface area (TPSA) is 54.7 Å². The van der Waals surface area contributed by atoms with E-state index in [-0.39, 0.29) is 11.9 Å². The molecule has 1 aromatic carbocycles. The summed E-state index contributed by atoms with van der Waals surface area (Å²) in [5, 5.41) is 4.62. The fourth-order valence-electron chi connectivity index (χ4n) is 2.74. The van der Waals surface area contributed by atoms with Gasteiger partial charge in [0.25, 0.3) is 0 Å². The molecule has 0 radical (unpaired) electrons. The second-order valence-electron chi connectivity index (χ2n) is 5.65. The van der Waals surface area contributed by atoms with Crippen LogP contribution in [0.3, 0.4) is 0 Å². The first kappa shape index (κ1) is 16.5. The second-order valence-corrected chi connectivity index (χ2v) is 5.65. The Morgan fingerprint density at radius 3 is 2.25 bits per heavy atom. The summed E-state index contributed by atoms with van der Waals surface area (Å²) in [5.74, 6) is 0.0642. The Kier molecular flexibility index (Phi) is 5.46. The molecule has 3 aromatic rings. The van der Waals surface area contributed by atoms with Crippen LogP contribution in [0.1, 0.15) is 18.9 Å². The minimum Gasteiger partial charge on any atom is -0.457 e. The first-order valence-electron chi connectivity index (χ1n) is 8.25. The van der Waals surface area contributed by atoms with Gasteiger partial charge >= 0.3 is 0 Å². The predicted molar refractivity (Wildman–Crippen MR) is 92.4 cm³/mol. The summed E-state index contributed by atoms with van der Waals surface area (Å²) in [7, 11) is 0. The Balaban J connectivity index is 0.000000198. The molecule has 1 fully saturated rings. The lowest BCUT2D eigenvalue weighted by Gasteiger charge is -2.25. The monoisotopic (exact) mass is 326 g/mol. The van der Waals surface area contributed by atoms with Crippen molar-refractivity contribution in [3.05, 3.63) is 60.2 Å². The van der Waals surface area contributed by atoms with Crippen molar-refractivity contribution in [1.82, 2.24) is 10.4 Å². The van der Waals surface area contributed by atoms with Gasteiger partial charge in [0.1, 0.15) is 17.2 Å². The quantitative estimate of drug-likeness (QED) is 0.732. The van der Waals surface area contributed by atoms with Gasteiger partial charge in [-0.05, 0) is 43.2 Å². The molecule has 5 nitrogen and oxygen atoms in total. The molecule has 126 valence electrons. The Morgan fingerprint density at radius 1 is 1.12 bits per heavy atom. The molecule has 0 saturated carbocycles. The van der Waals surface area contributed by atoms with Crippen LogP contribution in [0.2, 0.25) is 0 Å². The van der Waals surface area contributed by atoms with Crippen molar-refractivity contribution in [3.8, 4) is 0 Å². The SMILES string of the molecule is CCON(Cc1ccccc1)C1CCNC1=O.c1cc2ccc1o2. The van der Waals surface area contributed by atoms with Gasteiger partial charge < -0.3 is 9.73 Å². The van der Waals surface area contributed by atoms with Gasteiger partial charge in [0.05, 0.1) is 6.61 Å². The molecule has 1 saturated heterocycles. The summed E-state index contributed by atoms with van der Waals surface area (Å²) in [4.78, 5) is 17.2. The lowest BCUT2D eigenvalue weighted by molar-refractivity contribution is -0.190. The number of nitrogens with zero attached hydrogens (tertiary/aromatic N) is 1. The Bertz CT molecular complexity index is 696. The molecule has 5 heteroatoms. The Hall–Kier alpha value is -2.37. The zero-order chi connectivity index (χ0) is 16.8. The highest BCUT2D eigenvalue weighted by Crippen LogP contribution is 2.15. The van der Waals surface area contributed by atoms with Gasteiger partial charge in [0.2, 0.25) is 5.91 Å². The van der Waals surface area contributed by atoms with E-state index in [2.05, 4.69) is 5.32 Å². The summed E-state index contributed by atoms with van der Waals surface area (Å²) >= 11 is 0. The third-order valence-electron chi connectivity index (χ3n) is 3.90. The van der Waals surface area contributed by atoms with E-state index >= 15 is 0 Å². The minimum atomic E-state index is -0.157. The average molecular weight is 326 g/mol. The van der Waals surface area contributed by atoms with Gasteiger partial charge in [0.15, 0.2) is 0 Å². The van der Waals surface area contributed by atoms with Crippen molar-refractivity contribution in [2.45, 2.75) is 25.9 Å². The van der Waals surface area contributed by atoms with E-state index in [9.17, 15) is 4.79 Å². The van der Waals surface area contributed by atoms with Crippen LogP contribution < -0.4 is 5.32 Å². The lowest BCUT2D eigenvalue weighted by Crippen LogP contribution is -2.40. The zero-order valence-corrected chi connectivity index (χ0v) is 13.8. The summed E-state index contributed by atoms with van der Waals surface area (Å²) in [6.45, 7) is 3.90. The average Bonchev–Trinajstić information content (AvgIpc) is 3.34. The number of carbonyl (C=O) groups is 1. The number of hydrogen-bond donors (Lipinski definition) is 1. The summed E-state index contributed by atoms with van der Waals surface area (Å²) < 4.78 is 5.08. The van der Waals surface area contributed by atoms with E-state index in [1.54, 1.807) is 5.06 Å². The standard InChI is InChI=1S/C13H18N2O2.C6H4O/c1-2-17-15(12-8-9-14-13(12)16)10-11-6-4-3-5-7-11;1-2-6-4-3-5(1)7-6/h3-7,12H,2,8-10H2,1H3,(H,14,16);1-4H. The molecule has 1 N–H and O–H groups in total. The van der Waals surface area contributed by atoms with E-state index in [0.29, 0.717) is 13.2 Å². The van der Waals surface area contributed by atoms with Gasteiger partial charge in [-0.2, -0.15) is 5.06 Å². The number of benzene rings is 2. The number of fused-ring (bicyclic) bond motifs is 2. The van der Waals surface area contributed by atoms with Crippen LogP contribution in [0.4, 0.5) is 0 Å². The van der Waals surface area contributed by atoms with E-state index < -0.39 is 0 Å². The van der Waals surface area contributed by atoms with Crippen LogP contribution in [0.15, 0.2) is 59.0 Å². The van der Waals surface area contributed by atoms with Crippen molar-refractivity contribution in [2.75, 3.05) is 13.2 Å². The minimum absolute atomic E-state index is 0.0642. The number of rotatable bonds is 5. The van der Waals surface area contributed by atoms with Crippen LogP contribution in [-0.2, 0) is 16.2 Å². The maximum atomic E-state index is 11.6. The van der Waals surface area contributed by atoms with Crippen LogP contribution in [0.5, 0.6) is 0 Å². The van der Waals surface area contributed by atoms with Gasteiger partial charge in [0, 0.05) is 13.1 Å². The molecule has 3 heterocycles. The first-order valence-corrected chi connectivity index (χ1v) is 8.25. The predicted octanol–water partition coefficient (Wildman–Crippen LogP) is 3.20. The van der Waals surface area contributed by atoms with Gasteiger partial charge in [-0.3, -0.25) is 9.63 Å². The van der Waals surface area contributed by atoms with Crippen LogP contribution >= 0.6 is 0 Å². The highest BCUT2D eigenvalue weighted by molar-refractivity contribution is 5.83. The van der Waals surface area contributed by atoms with E-state index in [1.165, 1.54) is 0 Å².